The Balaban J connectivity index is 1.67. The number of halogens is 6. The molecule has 178 valence electrons. The number of anilines is 2. The average molecular weight is 490 g/mol. The summed E-state index contributed by atoms with van der Waals surface area (Å²) in [6.45, 7) is 0. The van der Waals surface area contributed by atoms with Crippen LogP contribution in [0.4, 0.5) is 37.7 Å². The molecule has 0 radical (unpaired) electrons. The summed E-state index contributed by atoms with van der Waals surface area (Å²) >= 11 is 0. The minimum Gasteiger partial charge on any atom is -0.428 e. The molecule has 35 heavy (non-hydrogen) atoms. The van der Waals surface area contributed by atoms with E-state index in [1.54, 1.807) is 0 Å². The van der Waals surface area contributed by atoms with Gasteiger partial charge in [-0.3, -0.25) is 4.98 Å². The van der Waals surface area contributed by atoms with Crippen molar-refractivity contribution in [3.8, 4) is 11.4 Å². The number of furan rings is 1. The van der Waals surface area contributed by atoms with Crippen LogP contribution in [0.1, 0.15) is 11.1 Å². The topological polar surface area (TPSA) is 83.8 Å². The number of H-pyrrole nitrogens is 1. The maximum Gasteiger partial charge on any atom is 0.418 e. The van der Waals surface area contributed by atoms with Crippen LogP contribution in [-0.2, 0) is 12.4 Å². The fourth-order valence-electron chi connectivity index (χ4n) is 3.67. The quantitative estimate of drug-likeness (QED) is 0.282. The second-order valence-electron chi connectivity index (χ2n) is 7.50. The van der Waals surface area contributed by atoms with E-state index in [4.69, 9.17) is 4.42 Å². The largest absolute Gasteiger partial charge is 0.428 e. The lowest BCUT2D eigenvalue weighted by Crippen LogP contribution is -2.09. The molecule has 0 bridgehead atoms. The number of aromatic amines is 1. The monoisotopic (exact) mass is 490 g/mol. The molecule has 0 fully saturated rings. The van der Waals surface area contributed by atoms with Crippen LogP contribution in [0.15, 0.2) is 70.2 Å². The number of hydrogen-bond acceptors (Lipinski definition) is 5. The Labute approximate surface area is 191 Å². The summed E-state index contributed by atoms with van der Waals surface area (Å²) in [5.41, 5.74) is -2.27. The van der Waals surface area contributed by atoms with Gasteiger partial charge in [-0.05, 0) is 48.5 Å². The maximum atomic E-state index is 13.5. The molecule has 12 heteroatoms. The Morgan fingerprint density at radius 2 is 1.66 bits per heavy atom. The van der Waals surface area contributed by atoms with E-state index in [0.717, 1.165) is 24.5 Å². The normalized spacial score (nSPS) is 12.4. The molecule has 4 aromatic heterocycles. The van der Waals surface area contributed by atoms with E-state index < -0.39 is 29.1 Å². The van der Waals surface area contributed by atoms with Gasteiger partial charge in [0.1, 0.15) is 22.8 Å². The summed E-state index contributed by atoms with van der Waals surface area (Å²) in [5, 5.41) is 3.24. The zero-order chi connectivity index (χ0) is 25.0. The lowest BCUT2D eigenvalue weighted by atomic mass is 10.1. The first-order valence-corrected chi connectivity index (χ1v) is 9.93. The van der Waals surface area contributed by atoms with Gasteiger partial charge in [0.2, 0.25) is 0 Å². The van der Waals surface area contributed by atoms with E-state index in [1.165, 1.54) is 36.5 Å². The van der Waals surface area contributed by atoms with Crippen LogP contribution in [0, 0.1) is 0 Å². The molecule has 2 N–H and O–H groups in total. The van der Waals surface area contributed by atoms with Gasteiger partial charge >= 0.3 is 18.0 Å². The van der Waals surface area contributed by atoms with E-state index in [9.17, 15) is 31.1 Å². The van der Waals surface area contributed by atoms with Crippen molar-refractivity contribution < 1.29 is 30.8 Å². The Kier molecular flexibility index (Phi) is 5.04. The van der Waals surface area contributed by atoms with Crippen LogP contribution in [0.3, 0.4) is 0 Å². The number of hydrogen-bond donors (Lipinski definition) is 2. The predicted octanol–water partition coefficient (Wildman–Crippen LogP) is 6.51. The van der Waals surface area contributed by atoms with Crippen molar-refractivity contribution in [2.75, 3.05) is 5.32 Å². The van der Waals surface area contributed by atoms with Gasteiger partial charge in [-0.15, -0.1) is 0 Å². The standard InChI is InChI=1S/C23H12F6N4O2/c24-22(25,26)11-3-5-12(6-4-11)31-18-13-7-8-15(19-14(23(27,28)29)2-1-9-30-19)32-20(13)33-16-10-35-21(34)17(16)18/h1-10,31H,(H,32,33). The van der Waals surface area contributed by atoms with Gasteiger partial charge in [-0.1, -0.05) is 0 Å². The van der Waals surface area contributed by atoms with Crippen molar-refractivity contribution in [1.82, 2.24) is 15.0 Å². The van der Waals surface area contributed by atoms with E-state index in [1.807, 2.05) is 0 Å². The van der Waals surface area contributed by atoms with Gasteiger partial charge < -0.3 is 14.7 Å². The Bertz CT molecular complexity index is 1620. The molecule has 0 saturated heterocycles. The molecule has 0 aliphatic carbocycles. The molecule has 0 aliphatic rings. The molecule has 0 unspecified atom stereocenters. The average Bonchev–Trinajstić information content (AvgIpc) is 3.18. The zero-order valence-corrected chi connectivity index (χ0v) is 17.3. The van der Waals surface area contributed by atoms with E-state index in [0.29, 0.717) is 5.39 Å². The third kappa shape index (κ3) is 4.07. The smallest absolute Gasteiger partial charge is 0.418 e. The van der Waals surface area contributed by atoms with Crippen LogP contribution < -0.4 is 10.9 Å². The summed E-state index contributed by atoms with van der Waals surface area (Å²) in [7, 11) is 0. The van der Waals surface area contributed by atoms with Gasteiger partial charge in [0.05, 0.1) is 28.2 Å². The zero-order valence-electron chi connectivity index (χ0n) is 17.3. The van der Waals surface area contributed by atoms with Crippen molar-refractivity contribution in [2.24, 2.45) is 0 Å². The molecule has 0 spiro atoms. The highest BCUT2D eigenvalue weighted by molar-refractivity contribution is 6.07. The first-order chi connectivity index (χ1) is 16.5. The first-order valence-electron chi connectivity index (χ1n) is 9.93. The van der Waals surface area contributed by atoms with Crippen LogP contribution in [0.5, 0.6) is 0 Å². The lowest BCUT2D eigenvalue weighted by Gasteiger charge is -2.14. The number of pyridine rings is 3. The van der Waals surface area contributed by atoms with Crippen molar-refractivity contribution in [3.63, 3.8) is 0 Å². The molecular weight excluding hydrogens is 478 g/mol. The van der Waals surface area contributed by atoms with E-state index >= 15 is 0 Å². The van der Waals surface area contributed by atoms with Gasteiger partial charge in [0.25, 0.3) is 0 Å². The Hall–Kier alpha value is -4.35. The highest BCUT2D eigenvalue weighted by Crippen LogP contribution is 2.37. The van der Waals surface area contributed by atoms with Crippen molar-refractivity contribution in [1.29, 1.82) is 0 Å². The molecule has 5 rings (SSSR count). The summed E-state index contributed by atoms with van der Waals surface area (Å²) < 4.78 is 84.0. The molecule has 4 heterocycles. The Morgan fingerprint density at radius 3 is 2.34 bits per heavy atom. The number of nitrogens with one attached hydrogen (secondary N) is 2. The fourth-order valence-corrected chi connectivity index (χ4v) is 3.67. The fraction of sp³-hybridized carbons (Fsp3) is 0.0870. The molecule has 1 aromatic carbocycles. The van der Waals surface area contributed by atoms with Crippen LogP contribution >= 0.6 is 0 Å². The molecule has 6 nitrogen and oxygen atoms in total. The molecular formula is C23H12F6N4O2. The summed E-state index contributed by atoms with van der Waals surface area (Å²) in [5.74, 6) is 0. The minimum absolute atomic E-state index is 0.0172. The van der Waals surface area contributed by atoms with Gasteiger partial charge in [0.15, 0.2) is 0 Å². The SMILES string of the molecule is O=c1occ2nc3[nH]c(-c4ncccc4C(F)(F)F)ccc3c(Nc3ccc(C(F)(F)F)cc3)c12. The third-order valence-corrected chi connectivity index (χ3v) is 5.26. The van der Waals surface area contributed by atoms with Gasteiger partial charge in [-0.25, -0.2) is 9.78 Å². The van der Waals surface area contributed by atoms with E-state index in [-0.39, 0.29) is 39.3 Å². The molecule has 0 atom stereocenters. The van der Waals surface area contributed by atoms with Gasteiger partial charge in [0, 0.05) is 17.3 Å². The first kappa shape index (κ1) is 22.4. The second kappa shape index (κ2) is 7.86. The van der Waals surface area contributed by atoms with Crippen LogP contribution in [0.2, 0.25) is 0 Å². The summed E-state index contributed by atoms with van der Waals surface area (Å²) in [4.78, 5) is 23.3. The second-order valence-corrected chi connectivity index (χ2v) is 7.50. The number of rotatable bonds is 3. The van der Waals surface area contributed by atoms with Crippen LogP contribution in [0.25, 0.3) is 33.3 Å². The number of nitrogens with zero attached hydrogens (tertiary/aromatic N) is 2. The minimum atomic E-state index is -4.65. The van der Waals surface area contributed by atoms with Crippen molar-refractivity contribution in [2.45, 2.75) is 12.4 Å². The predicted molar refractivity (Wildman–Crippen MR) is 115 cm³/mol. The molecule has 5 aromatic rings. The number of benzene rings is 1. The third-order valence-electron chi connectivity index (χ3n) is 5.26. The number of aromatic nitrogens is 3. The van der Waals surface area contributed by atoms with E-state index in [2.05, 4.69) is 20.3 Å². The molecule has 0 amide bonds. The van der Waals surface area contributed by atoms with Gasteiger partial charge in [-0.2, -0.15) is 26.3 Å². The number of alkyl halides is 6. The van der Waals surface area contributed by atoms with Crippen molar-refractivity contribution in [3.05, 3.63) is 82.5 Å². The highest BCUT2D eigenvalue weighted by atomic mass is 19.4. The lowest BCUT2D eigenvalue weighted by molar-refractivity contribution is -0.138. The van der Waals surface area contributed by atoms with Crippen LogP contribution in [-0.4, -0.2) is 15.0 Å². The van der Waals surface area contributed by atoms with Crippen molar-refractivity contribution >= 4 is 33.3 Å². The Morgan fingerprint density at radius 1 is 0.914 bits per heavy atom. The molecule has 0 aliphatic heterocycles. The molecule has 0 saturated carbocycles. The highest BCUT2D eigenvalue weighted by Gasteiger charge is 2.34. The summed E-state index contributed by atoms with van der Waals surface area (Å²) in [6.07, 6.45) is -6.87. The number of fused-ring (bicyclic) bond motifs is 2. The maximum absolute atomic E-state index is 13.5. The summed E-state index contributed by atoms with van der Waals surface area (Å²) in [6, 6.07) is 8.97.